The van der Waals surface area contributed by atoms with Crippen LogP contribution in [-0.4, -0.2) is 52.2 Å². The highest BCUT2D eigenvalue weighted by molar-refractivity contribution is 5.14. The van der Waals surface area contributed by atoms with E-state index < -0.39 is 0 Å². The number of aryl methyl sites for hydroxylation is 2. The third-order valence-electron chi connectivity index (χ3n) is 5.59. The van der Waals surface area contributed by atoms with Gasteiger partial charge in [-0.25, -0.2) is 0 Å². The SMILES string of the molecule is Cc1noc(CN2C[C@H]3CC[C@@H]2CN(CCCc2ccccc2)C3)n1. The molecule has 3 aliphatic rings. The van der Waals surface area contributed by atoms with E-state index in [0.717, 1.165) is 24.2 Å². The quantitative estimate of drug-likeness (QED) is 0.809. The van der Waals surface area contributed by atoms with Gasteiger partial charge in [0.2, 0.25) is 5.89 Å². The molecule has 5 heteroatoms. The van der Waals surface area contributed by atoms with Gasteiger partial charge in [0.15, 0.2) is 5.82 Å². The predicted molar refractivity (Wildman–Crippen MR) is 97.2 cm³/mol. The third-order valence-corrected chi connectivity index (χ3v) is 5.59. The monoisotopic (exact) mass is 340 g/mol. The Hall–Kier alpha value is -1.72. The smallest absolute Gasteiger partial charge is 0.240 e. The number of piperidine rings is 1. The van der Waals surface area contributed by atoms with E-state index in [1.54, 1.807) is 0 Å². The molecule has 0 N–H and O–H groups in total. The molecule has 5 rings (SSSR count). The van der Waals surface area contributed by atoms with Crippen molar-refractivity contribution in [3.05, 3.63) is 47.6 Å². The van der Waals surface area contributed by atoms with Crippen LogP contribution in [0.5, 0.6) is 0 Å². The largest absolute Gasteiger partial charge is 0.338 e. The molecular weight excluding hydrogens is 312 g/mol. The average molecular weight is 340 g/mol. The summed E-state index contributed by atoms with van der Waals surface area (Å²) in [6.07, 6.45) is 5.08. The minimum atomic E-state index is 0.627. The molecule has 134 valence electrons. The van der Waals surface area contributed by atoms with Crippen molar-refractivity contribution in [3.63, 3.8) is 0 Å². The van der Waals surface area contributed by atoms with Crippen LogP contribution in [0.15, 0.2) is 34.9 Å². The van der Waals surface area contributed by atoms with Crippen molar-refractivity contribution in [1.29, 1.82) is 0 Å². The molecule has 2 bridgehead atoms. The number of rotatable bonds is 6. The molecule has 25 heavy (non-hydrogen) atoms. The minimum absolute atomic E-state index is 0.627. The second kappa shape index (κ2) is 7.67. The first-order valence-corrected chi connectivity index (χ1v) is 9.56. The number of benzene rings is 1. The van der Waals surface area contributed by atoms with Gasteiger partial charge in [0.25, 0.3) is 0 Å². The van der Waals surface area contributed by atoms with Gasteiger partial charge < -0.3 is 9.42 Å². The minimum Gasteiger partial charge on any atom is -0.338 e. The lowest BCUT2D eigenvalue weighted by atomic mass is 9.95. The zero-order chi connectivity index (χ0) is 17.1. The Bertz CT molecular complexity index is 671. The average Bonchev–Trinajstić information content (AvgIpc) is 2.84. The third kappa shape index (κ3) is 4.28. The standard InChI is InChI=1S/C20H28N4O/c1-16-21-20(25-22-16)15-24-13-18-9-10-19(24)14-23(12-18)11-5-8-17-6-3-2-4-7-17/h2-4,6-7,18-19H,5,8-15H2,1H3/t18-,19+/m0/s1. The zero-order valence-corrected chi connectivity index (χ0v) is 15.1. The summed E-state index contributed by atoms with van der Waals surface area (Å²) in [6.45, 7) is 7.48. The Morgan fingerprint density at radius 1 is 1.12 bits per heavy atom. The summed E-state index contributed by atoms with van der Waals surface area (Å²) in [5.74, 6) is 2.28. The molecule has 2 aromatic rings. The summed E-state index contributed by atoms with van der Waals surface area (Å²) in [4.78, 5) is 9.64. The van der Waals surface area contributed by atoms with Gasteiger partial charge in [0, 0.05) is 25.7 Å². The maximum absolute atomic E-state index is 5.34. The second-order valence-electron chi connectivity index (χ2n) is 7.61. The molecule has 0 unspecified atom stereocenters. The van der Waals surface area contributed by atoms with E-state index in [4.69, 9.17) is 4.52 Å². The van der Waals surface area contributed by atoms with Crippen LogP contribution >= 0.6 is 0 Å². The molecule has 1 aromatic carbocycles. The van der Waals surface area contributed by atoms with Crippen molar-refractivity contribution in [2.75, 3.05) is 26.2 Å². The summed E-state index contributed by atoms with van der Waals surface area (Å²) in [5.41, 5.74) is 1.45. The maximum atomic E-state index is 5.34. The number of hydrogen-bond acceptors (Lipinski definition) is 5. The topological polar surface area (TPSA) is 45.4 Å². The molecular formula is C20H28N4O. The van der Waals surface area contributed by atoms with Gasteiger partial charge in [0.1, 0.15) is 0 Å². The van der Waals surface area contributed by atoms with Crippen LogP contribution in [0.1, 0.15) is 36.5 Å². The van der Waals surface area contributed by atoms with Crippen LogP contribution in [0, 0.1) is 12.8 Å². The molecule has 3 aliphatic heterocycles. The summed E-state index contributed by atoms with van der Waals surface area (Å²) in [7, 11) is 0. The lowest BCUT2D eigenvalue weighted by Gasteiger charge is -2.35. The Kier molecular flexibility index (Phi) is 5.13. The van der Waals surface area contributed by atoms with Crippen LogP contribution in [0.2, 0.25) is 0 Å². The van der Waals surface area contributed by atoms with Crippen molar-refractivity contribution in [2.24, 2.45) is 5.92 Å². The summed E-state index contributed by atoms with van der Waals surface area (Å²) >= 11 is 0. The van der Waals surface area contributed by atoms with Gasteiger partial charge >= 0.3 is 0 Å². The van der Waals surface area contributed by atoms with Gasteiger partial charge in [-0.1, -0.05) is 35.5 Å². The number of nitrogens with zero attached hydrogens (tertiary/aromatic N) is 4. The fourth-order valence-electron chi connectivity index (χ4n) is 4.38. The molecule has 3 fully saturated rings. The number of aromatic nitrogens is 2. The van der Waals surface area contributed by atoms with Gasteiger partial charge in [-0.15, -0.1) is 0 Å². The molecule has 0 aliphatic carbocycles. The van der Waals surface area contributed by atoms with Gasteiger partial charge in [-0.3, -0.25) is 4.90 Å². The zero-order valence-electron chi connectivity index (χ0n) is 15.1. The van der Waals surface area contributed by atoms with Gasteiger partial charge in [-0.05, 0) is 50.6 Å². The lowest BCUT2D eigenvalue weighted by Crippen LogP contribution is -2.43. The van der Waals surface area contributed by atoms with E-state index >= 15 is 0 Å². The van der Waals surface area contributed by atoms with Crippen molar-refractivity contribution < 1.29 is 4.52 Å². The molecule has 1 aromatic heterocycles. The fraction of sp³-hybridized carbons (Fsp3) is 0.600. The van der Waals surface area contributed by atoms with Crippen LogP contribution in [0.3, 0.4) is 0 Å². The molecule has 0 amide bonds. The van der Waals surface area contributed by atoms with E-state index in [0.29, 0.717) is 6.04 Å². The molecule has 2 atom stereocenters. The number of hydrogen-bond donors (Lipinski definition) is 0. The normalized spacial score (nSPS) is 24.5. The molecule has 0 spiro atoms. The number of fused-ring (bicyclic) bond motifs is 4. The van der Waals surface area contributed by atoms with Crippen LogP contribution < -0.4 is 0 Å². The van der Waals surface area contributed by atoms with Crippen molar-refractivity contribution >= 4 is 0 Å². The molecule has 5 nitrogen and oxygen atoms in total. The fourth-order valence-corrected chi connectivity index (χ4v) is 4.38. The highest BCUT2D eigenvalue weighted by atomic mass is 16.5. The first-order valence-electron chi connectivity index (χ1n) is 9.56. The Morgan fingerprint density at radius 2 is 2.00 bits per heavy atom. The van der Waals surface area contributed by atoms with Crippen LogP contribution in [-0.2, 0) is 13.0 Å². The lowest BCUT2D eigenvalue weighted by molar-refractivity contribution is 0.109. The first kappa shape index (κ1) is 16.7. The molecule has 0 saturated carbocycles. The van der Waals surface area contributed by atoms with Gasteiger partial charge in [0.05, 0.1) is 6.54 Å². The highest BCUT2D eigenvalue weighted by Gasteiger charge is 2.35. The van der Waals surface area contributed by atoms with Crippen molar-refractivity contribution in [2.45, 2.75) is 45.2 Å². The molecule has 0 radical (unpaired) electrons. The van der Waals surface area contributed by atoms with Crippen LogP contribution in [0.4, 0.5) is 0 Å². The second-order valence-corrected chi connectivity index (χ2v) is 7.61. The van der Waals surface area contributed by atoms with E-state index in [-0.39, 0.29) is 0 Å². The predicted octanol–water partition coefficient (Wildman–Crippen LogP) is 2.91. The Morgan fingerprint density at radius 3 is 2.80 bits per heavy atom. The van der Waals surface area contributed by atoms with E-state index in [1.807, 2.05) is 6.92 Å². The summed E-state index contributed by atoms with van der Waals surface area (Å²) in [6, 6.07) is 11.5. The van der Waals surface area contributed by atoms with E-state index in [9.17, 15) is 0 Å². The van der Waals surface area contributed by atoms with E-state index in [2.05, 4.69) is 50.3 Å². The summed E-state index contributed by atoms with van der Waals surface area (Å²) in [5, 5.41) is 3.93. The molecule has 4 heterocycles. The maximum Gasteiger partial charge on any atom is 0.240 e. The van der Waals surface area contributed by atoms with Crippen LogP contribution in [0.25, 0.3) is 0 Å². The molecule has 3 saturated heterocycles. The highest BCUT2D eigenvalue weighted by Crippen LogP contribution is 2.29. The Balaban J connectivity index is 1.31. The van der Waals surface area contributed by atoms with Crippen molar-refractivity contribution in [1.82, 2.24) is 19.9 Å². The van der Waals surface area contributed by atoms with E-state index in [1.165, 1.54) is 57.4 Å². The first-order chi connectivity index (χ1) is 12.3. The summed E-state index contributed by atoms with van der Waals surface area (Å²) < 4.78 is 5.34. The van der Waals surface area contributed by atoms with Gasteiger partial charge in [-0.2, -0.15) is 4.98 Å². The Labute approximate surface area is 150 Å². The van der Waals surface area contributed by atoms with Crippen molar-refractivity contribution in [3.8, 4) is 0 Å².